The van der Waals surface area contributed by atoms with Gasteiger partial charge in [-0.15, -0.1) is 0 Å². The molecule has 2 aromatic heterocycles. The fraction of sp³-hybridized carbons (Fsp3) is 0.529. The summed E-state index contributed by atoms with van der Waals surface area (Å²) < 4.78 is 5.66. The third-order valence-corrected chi connectivity index (χ3v) is 4.31. The van der Waals surface area contributed by atoms with Crippen molar-refractivity contribution >= 4 is 5.82 Å². The van der Waals surface area contributed by atoms with Gasteiger partial charge in [0, 0.05) is 26.2 Å². The van der Waals surface area contributed by atoms with E-state index in [4.69, 9.17) is 4.42 Å². The van der Waals surface area contributed by atoms with Crippen molar-refractivity contribution in [2.75, 3.05) is 31.1 Å². The molecule has 1 unspecified atom stereocenters. The van der Waals surface area contributed by atoms with Crippen molar-refractivity contribution in [2.45, 2.75) is 33.4 Å². The number of rotatable bonds is 4. The van der Waals surface area contributed by atoms with E-state index >= 15 is 0 Å². The Labute approximate surface area is 136 Å². The van der Waals surface area contributed by atoms with Crippen LogP contribution >= 0.6 is 0 Å². The van der Waals surface area contributed by atoms with Crippen molar-refractivity contribution in [1.82, 2.24) is 14.9 Å². The van der Waals surface area contributed by atoms with Crippen molar-refractivity contribution < 1.29 is 9.52 Å². The molecule has 1 saturated heterocycles. The highest BCUT2D eigenvalue weighted by Crippen LogP contribution is 2.18. The van der Waals surface area contributed by atoms with Crippen molar-refractivity contribution in [3.8, 4) is 0 Å². The Bertz CT molecular complexity index is 641. The molecule has 1 fully saturated rings. The van der Waals surface area contributed by atoms with Gasteiger partial charge in [0.2, 0.25) is 5.89 Å². The van der Waals surface area contributed by atoms with E-state index in [1.807, 2.05) is 32.0 Å². The number of nitrogens with zero attached hydrogens (tertiary/aromatic N) is 4. The maximum absolute atomic E-state index is 9.67. The quantitative estimate of drug-likeness (QED) is 0.931. The lowest BCUT2D eigenvalue weighted by Gasteiger charge is -2.35. The number of hydrogen-bond acceptors (Lipinski definition) is 6. The lowest BCUT2D eigenvalue weighted by atomic mass is 10.2. The summed E-state index contributed by atoms with van der Waals surface area (Å²) in [5, 5.41) is 9.67. The van der Waals surface area contributed by atoms with Gasteiger partial charge in [-0.1, -0.05) is 6.07 Å². The van der Waals surface area contributed by atoms with Crippen molar-refractivity contribution in [3.05, 3.63) is 41.2 Å². The van der Waals surface area contributed by atoms with Gasteiger partial charge in [0.1, 0.15) is 11.6 Å². The Balaban J connectivity index is 1.59. The molecular formula is C17H24N4O2. The van der Waals surface area contributed by atoms with E-state index in [1.54, 1.807) is 6.92 Å². The number of hydrogen-bond donors (Lipinski definition) is 1. The van der Waals surface area contributed by atoms with Gasteiger partial charge in [-0.05, 0) is 32.9 Å². The first-order chi connectivity index (χ1) is 11.0. The highest BCUT2D eigenvalue weighted by Gasteiger charge is 2.20. The molecule has 0 saturated carbocycles. The number of aryl methyl sites for hydroxylation is 2. The van der Waals surface area contributed by atoms with Crippen molar-refractivity contribution in [2.24, 2.45) is 0 Å². The molecule has 124 valence electrons. The molecule has 0 amide bonds. The van der Waals surface area contributed by atoms with Gasteiger partial charge in [0.15, 0.2) is 0 Å². The van der Waals surface area contributed by atoms with Crippen LogP contribution < -0.4 is 4.90 Å². The highest BCUT2D eigenvalue weighted by molar-refractivity contribution is 5.40. The van der Waals surface area contributed by atoms with Crippen molar-refractivity contribution in [1.29, 1.82) is 0 Å². The van der Waals surface area contributed by atoms with Crippen LogP contribution in [0.4, 0.5) is 5.82 Å². The van der Waals surface area contributed by atoms with Gasteiger partial charge in [-0.3, -0.25) is 4.90 Å². The molecule has 1 atom stereocenters. The number of aliphatic hydroxyl groups excluding tert-OH is 1. The van der Waals surface area contributed by atoms with Gasteiger partial charge in [0.25, 0.3) is 0 Å². The minimum atomic E-state index is -0.534. The first-order valence-corrected chi connectivity index (χ1v) is 8.08. The summed E-state index contributed by atoms with van der Waals surface area (Å²) in [5.41, 5.74) is 1.69. The number of oxazole rings is 1. The summed E-state index contributed by atoms with van der Waals surface area (Å²) in [6, 6.07) is 5.81. The fourth-order valence-corrected chi connectivity index (χ4v) is 2.78. The summed E-state index contributed by atoms with van der Waals surface area (Å²) in [6.45, 7) is 10.1. The zero-order valence-corrected chi connectivity index (χ0v) is 14.0. The second-order valence-corrected chi connectivity index (χ2v) is 6.11. The molecule has 2 aromatic rings. The molecule has 0 spiro atoms. The summed E-state index contributed by atoms with van der Waals surface area (Å²) in [7, 11) is 0. The number of aliphatic hydroxyl groups is 1. The number of anilines is 1. The third kappa shape index (κ3) is 3.71. The van der Waals surface area contributed by atoms with Gasteiger partial charge in [-0.2, -0.15) is 0 Å². The Morgan fingerprint density at radius 1 is 1.17 bits per heavy atom. The molecule has 0 bridgehead atoms. The van der Waals surface area contributed by atoms with Crippen molar-refractivity contribution in [3.63, 3.8) is 0 Å². The van der Waals surface area contributed by atoms with Crippen LogP contribution in [-0.4, -0.2) is 46.2 Å². The molecule has 6 heteroatoms. The average molecular weight is 316 g/mol. The van der Waals surface area contributed by atoms with E-state index in [2.05, 4.69) is 19.8 Å². The Morgan fingerprint density at radius 3 is 2.52 bits per heavy atom. The smallest absolute Gasteiger partial charge is 0.208 e. The molecule has 3 rings (SSSR count). The standard InChI is InChI=1S/C17H24N4O2/c1-12-14(3)23-17(18-12)11-20-7-9-21(10-8-20)16-6-4-5-15(19-16)13(2)22/h4-6,13,22H,7-11H2,1-3H3. The molecule has 3 heterocycles. The molecule has 0 aromatic carbocycles. The number of aromatic nitrogens is 2. The highest BCUT2D eigenvalue weighted by atomic mass is 16.4. The normalized spacial score (nSPS) is 17.5. The molecule has 1 aliphatic rings. The molecule has 0 radical (unpaired) electrons. The van der Waals surface area contributed by atoms with Crippen LogP contribution in [0.1, 0.15) is 36.1 Å². The van der Waals surface area contributed by atoms with Crippen LogP contribution in [0.5, 0.6) is 0 Å². The second kappa shape index (κ2) is 6.68. The summed E-state index contributed by atoms with van der Waals surface area (Å²) in [4.78, 5) is 13.6. The van der Waals surface area contributed by atoms with Crippen LogP contribution in [0.3, 0.4) is 0 Å². The van der Waals surface area contributed by atoms with Crippen LogP contribution in [0.2, 0.25) is 0 Å². The average Bonchev–Trinajstić information content (AvgIpc) is 2.86. The van der Waals surface area contributed by atoms with Gasteiger partial charge in [0.05, 0.1) is 24.0 Å². The largest absolute Gasteiger partial charge is 0.444 e. The minimum Gasteiger partial charge on any atom is -0.444 e. The van der Waals surface area contributed by atoms with Gasteiger partial charge >= 0.3 is 0 Å². The maximum atomic E-state index is 9.67. The van der Waals surface area contributed by atoms with E-state index in [1.165, 1.54) is 0 Å². The third-order valence-electron chi connectivity index (χ3n) is 4.31. The molecule has 1 aliphatic heterocycles. The van der Waals surface area contributed by atoms with Crippen LogP contribution in [-0.2, 0) is 6.54 Å². The molecular weight excluding hydrogens is 292 g/mol. The molecule has 1 N–H and O–H groups in total. The predicted molar refractivity (Wildman–Crippen MR) is 88.3 cm³/mol. The summed E-state index contributed by atoms with van der Waals surface area (Å²) in [5.74, 6) is 2.63. The second-order valence-electron chi connectivity index (χ2n) is 6.11. The molecule has 6 nitrogen and oxygen atoms in total. The lowest BCUT2D eigenvalue weighted by Crippen LogP contribution is -2.46. The fourth-order valence-electron chi connectivity index (χ4n) is 2.78. The summed E-state index contributed by atoms with van der Waals surface area (Å²) in [6.07, 6.45) is -0.534. The monoisotopic (exact) mass is 316 g/mol. The SMILES string of the molecule is Cc1nc(CN2CCN(c3cccc(C(C)O)n3)CC2)oc1C. The first kappa shape index (κ1) is 16.0. The number of piperazine rings is 1. The van der Waals surface area contributed by atoms with E-state index in [0.717, 1.165) is 61.6 Å². The lowest BCUT2D eigenvalue weighted by molar-refractivity contribution is 0.194. The minimum absolute atomic E-state index is 0.534. The van der Waals surface area contributed by atoms with E-state index < -0.39 is 6.10 Å². The van der Waals surface area contributed by atoms with Crippen LogP contribution in [0.25, 0.3) is 0 Å². The molecule has 23 heavy (non-hydrogen) atoms. The van der Waals surface area contributed by atoms with E-state index in [-0.39, 0.29) is 0 Å². The maximum Gasteiger partial charge on any atom is 0.208 e. The zero-order chi connectivity index (χ0) is 16.4. The number of pyridine rings is 1. The van der Waals surface area contributed by atoms with Crippen LogP contribution in [0.15, 0.2) is 22.6 Å². The van der Waals surface area contributed by atoms with Gasteiger partial charge < -0.3 is 14.4 Å². The Kier molecular flexibility index (Phi) is 4.63. The zero-order valence-electron chi connectivity index (χ0n) is 14.0. The Hall–Kier alpha value is -1.92. The topological polar surface area (TPSA) is 65.6 Å². The van der Waals surface area contributed by atoms with Crippen LogP contribution in [0, 0.1) is 13.8 Å². The summed E-state index contributed by atoms with van der Waals surface area (Å²) >= 11 is 0. The molecule has 0 aliphatic carbocycles. The van der Waals surface area contributed by atoms with E-state index in [0.29, 0.717) is 0 Å². The Morgan fingerprint density at radius 2 is 1.91 bits per heavy atom. The van der Waals surface area contributed by atoms with Gasteiger partial charge in [-0.25, -0.2) is 9.97 Å². The first-order valence-electron chi connectivity index (χ1n) is 8.08. The predicted octanol–water partition coefficient (Wildman–Crippen LogP) is 2.06. The van der Waals surface area contributed by atoms with E-state index in [9.17, 15) is 5.11 Å².